The first-order chi connectivity index (χ1) is 6.05. The first-order valence-corrected chi connectivity index (χ1v) is 6.09. The van der Waals surface area contributed by atoms with E-state index in [2.05, 4.69) is 4.36 Å². The Bertz CT molecular complexity index is 408. The maximum absolute atomic E-state index is 13.0. The van der Waals surface area contributed by atoms with Crippen LogP contribution in [0.3, 0.4) is 0 Å². The van der Waals surface area contributed by atoms with Gasteiger partial charge in [-0.3, -0.25) is 0 Å². The summed E-state index contributed by atoms with van der Waals surface area (Å²) in [6.45, 7) is 1.77. The van der Waals surface area contributed by atoms with Crippen LogP contribution < -0.4 is 0 Å². The topological polar surface area (TPSA) is 29.4 Å². The molecule has 0 aliphatic carbocycles. The zero-order valence-corrected chi connectivity index (χ0v) is 8.47. The normalized spacial score (nSPS) is 15.0. The second kappa shape index (κ2) is 3.87. The summed E-state index contributed by atoms with van der Waals surface area (Å²) in [6, 6.07) is 6.09. The molecule has 0 radical (unpaired) electrons. The maximum Gasteiger partial charge on any atom is 0.149 e. The van der Waals surface area contributed by atoms with E-state index in [1.54, 1.807) is 19.1 Å². The van der Waals surface area contributed by atoms with Crippen molar-refractivity contribution in [1.82, 2.24) is 0 Å². The Morgan fingerprint density at radius 3 is 2.62 bits per heavy atom. The highest BCUT2D eigenvalue weighted by molar-refractivity contribution is 7.93. The summed E-state index contributed by atoms with van der Waals surface area (Å²) in [5.74, 6) is 0.00644. The zero-order valence-electron chi connectivity index (χ0n) is 7.66. The first kappa shape index (κ1) is 10.2. The number of hydrogen-bond donors (Lipinski definition) is 0. The second-order valence-corrected chi connectivity index (χ2v) is 5.47. The number of halogens is 1. The Kier molecular flexibility index (Phi) is 3.03. The standard InChI is InChI=1S/C9H12FNOS/c1-3-13(2,12)11-9-7-5-4-6-8(9)10/h4-7H,3H2,1-2H3. The molecule has 4 heteroatoms. The highest BCUT2D eigenvalue weighted by Crippen LogP contribution is 2.18. The Hall–Kier alpha value is -0.900. The minimum absolute atomic E-state index is 0.178. The molecule has 0 saturated carbocycles. The van der Waals surface area contributed by atoms with E-state index in [0.29, 0.717) is 5.75 Å². The molecular formula is C9H12FNOS. The highest BCUT2D eigenvalue weighted by atomic mass is 32.2. The molecule has 0 saturated heterocycles. The summed E-state index contributed by atoms with van der Waals surface area (Å²) in [4.78, 5) is 0. The average Bonchev–Trinajstić information content (AvgIpc) is 2.09. The van der Waals surface area contributed by atoms with Crippen LogP contribution in [0.5, 0.6) is 0 Å². The minimum atomic E-state index is -2.26. The third kappa shape index (κ3) is 2.81. The lowest BCUT2D eigenvalue weighted by Crippen LogP contribution is -1.98. The van der Waals surface area contributed by atoms with Crippen molar-refractivity contribution in [3.8, 4) is 0 Å². The molecule has 1 atom stereocenters. The van der Waals surface area contributed by atoms with Crippen LogP contribution in [0.25, 0.3) is 0 Å². The van der Waals surface area contributed by atoms with Crippen LogP contribution in [0.15, 0.2) is 28.6 Å². The lowest BCUT2D eigenvalue weighted by atomic mass is 10.3. The van der Waals surface area contributed by atoms with Crippen molar-refractivity contribution in [1.29, 1.82) is 0 Å². The number of benzene rings is 1. The molecule has 1 aromatic rings. The van der Waals surface area contributed by atoms with Gasteiger partial charge in [0.25, 0.3) is 0 Å². The number of nitrogens with zero attached hydrogens (tertiary/aromatic N) is 1. The summed E-state index contributed by atoms with van der Waals surface area (Å²) >= 11 is 0. The van der Waals surface area contributed by atoms with Gasteiger partial charge in [0.15, 0.2) is 0 Å². The van der Waals surface area contributed by atoms with E-state index in [9.17, 15) is 8.60 Å². The molecular weight excluding hydrogens is 189 g/mol. The van der Waals surface area contributed by atoms with Crippen molar-refractivity contribution >= 4 is 15.4 Å². The molecule has 13 heavy (non-hydrogen) atoms. The van der Waals surface area contributed by atoms with Gasteiger partial charge in [-0.25, -0.2) is 8.60 Å². The lowest BCUT2D eigenvalue weighted by molar-refractivity contribution is 0.629. The second-order valence-electron chi connectivity index (χ2n) is 2.79. The van der Waals surface area contributed by atoms with Gasteiger partial charge in [-0.15, -0.1) is 0 Å². The first-order valence-electron chi connectivity index (χ1n) is 3.99. The van der Waals surface area contributed by atoms with Crippen LogP contribution in [0.4, 0.5) is 10.1 Å². The van der Waals surface area contributed by atoms with Gasteiger partial charge in [-0.1, -0.05) is 19.1 Å². The van der Waals surface area contributed by atoms with Crippen molar-refractivity contribution in [2.24, 2.45) is 4.36 Å². The van der Waals surface area contributed by atoms with Crippen LogP contribution in [0.1, 0.15) is 6.92 Å². The Morgan fingerprint density at radius 2 is 2.08 bits per heavy atom. The van der Waals surface area contributed by atoms with Gasteiger partial charge in [0.05, 0.1) is 0 Å². The predicted octanol–water partition coefficient (Wildman–Crippen LogP) is 2.57. The van der Waals surface area contributed by atoms with E-state index in [1.807, 2.05) is 0 Å². The van der Waals surface area contributed by atoms with Gasteiger partial charge >= 0.3 is 0 Å². The summed E-state index contributed by atoms with van der Waals surface area (Å²) in [5, 5.41) is 0. The van der Waals surface area contributed by atoms with Crippen molar-refractivity contribution < 1.29 is 8.60 Å². The van der Waals surface area contributed by atoms with E-state index >= 15 is 0 Å². The van der Waals surface area contributed by atoms with Gasteiger partial charge in [0, 0.05) is 21.7 Å². The van der Waals surface area contributed by atoms with E-state index in [4.69, 9.17) is 0 Å². The molecule has 2 nitrogen and oxygen atoms in total. The predicted molar refractivity (Wildman–Crippen MR) is 53.1 cm³/mol. The summed E-state index contributed by atoms with van der Waals surface area (Å²) in [7, 11) is -2.26. The molecule has 0 spiro atoms. The molecule has 0 amide bonds. The fraction of sp³-hybridized carbons (Fsp3) is 0.333. The van der Waals surface area contributed by atoms with Gasteiger partial charge in [0.2, 0.25) is 0 Å². The van der Waals surface area contributed by atoms with Crippen molar-refractivity contribution in [3.63, 3.8) is 0 Å². The SMILES string of the molecule is CCS(C)(=O)=Nc1ccccc1F. The average molecular weight is 201 g/mol. The van der Waals surface area contributed by atoms with Gasteiger partial charge < -0.3 is 0 Å². The lowest BCUT2D eigenvalue weighted by Gasteiger charge is -2.00. The smallest absolute Gasteiger partial charge is 0.149 e. The Labute approximate surface area is 78.0 Å². The largest absolute Gasteiger partial charge is 0.250 e. The van der Waals surface area contributed by atoms with E-state index in [-0.39, 0.29) is 5.69 Å². The van der Waals surface area contributed by atoms with Gasteiger partial charge in [0.1, 0.15) is 11.5 Å². The molecule has 72 valence electrons. The third-order valence-corrected chi connectivity index (χ3v) is 3.33. The van der Waals surface area contributed by atoms with Gasteiger partial charge in [-0.05, 0) is 12.1 Å². The number of rotatable bonds is 2. The molecule has 0 aliphatic heterocycles. The molecule has 1 aromatic carbocycles. The van der Waals surface area contributed by atoms with E-state index in [0.717, 1.165) is 0 Å². The maximum atomic E-state index is 13.0. The zero-order chi connectivity index (χ0) is 9.90. The fourth-order valence-corrected chi connectivity index (χ4v) is 1.49. The van der Waals surface area contributed by atoms with Crippen molar-refractivity contribution in [2.75, 3.05) is 12.0 Å². The van der Waals surface area contributed by atoms with E-state index in [1.165, 1.54) is 18.4 Å². The quantitative estimate of drug-likeness (QED) is 0.723. The van der Waals surface area contributed by atoms with E-state index < -0.39 is 15.5 Å². The van der Waals surface area contributed by atoms with Crippen LogP contribution in [0, 0.1) is 5.82 Å². The molecule has 0 N–H and O–H groups in total. The Balaban J connectivity index is 3.19. The monoisotopic (exact) mass is 201 g/mol. The molecule has 0 aromatic heterocycles. The van der Waals surface area contributed by atoms with Crippen molar-refractivity contribution in [2.45, 2.75) is 6.92 Å². The van der Waals surface area contributed by atoms with Crippen molar-refractivity contribution in [3.05, 3.63) is 30.1 Å². The van der Waals surface area contributed by atoms with Crippen LogP contribution in [0.2, 0.25) is 0 Å². The van der Waals surface area contributed by atoms with Crippen LogP contribution >= 0.6 is 0 Å². The summed E-state index contributed by atoms with van der Waals surface area (Å²) in [5.41, 5.74) is 0.178. The number of hydrogen-bond acceptors (Lipinski definition) is 2. The highest BCUT2D eigenvalue weighted by Gasteiger charge is 2.01. The molecule has 0 aliphatic rings. The molecule has 1 unspecified atom stereocenters. The summed E-state index contributed by atoms with van der Waals surface area (Å²) in [6.07, 6.45) is 1.53. The fourth-order valence-electron chi connectivity index (χ4n) is 0.798. The summed E-state index contributed by atoms with van der Waals surface area (Å²) < 4.78 is 28.4. The molecule has 0 heterocycles. The third-order valence-electron chi connectivity index (χ3n) is 1.68. The molecule has 0 bridgehead atoms. The van der Waals surface area contributed by atoms with Crippen LogP contribution in [-0.2, 0) is 9.73 Å². The molecule has 1 rings (SSSR count). The van der Waals surface area contributed by atoms with Crippen LogP contribution in [-0.4, -0.2) is 16.2 Å². The van der Waals surface area contributed by atoms with Gasteiger partial charge in [-0.2, -0.15) is 4.36 Å². The minimum Gasteiger partial charge on any atom is -0.250 e. The molecule has 0 fully saturated rings. The Morgan fingerprint density at radius 1 is 1.46 bits per heavy atom.